The topological polar surface area (TPSA) is 50.8 Å². The summed E-state index contributed by atoms with van der Waals surface area (Å²) >= 11 is 0. The van der Waals surface area contributed by atoms with Gasteiger partial charge in [0.1, 0.15) is 5.54 Å². The summed E-state index contributed by atoms with van der Waals surface area (Å²) in [5.41, 5.74) is -0.552. The predicted molar refractivity (Wildman–Crippen MR) is 79.8 cm³/mol. The van der Waals surface area contributed by atoms with Gasteiger partial charge in [0.2, 0.25) is 0 Å². The number of ether oxygens (including phenoxy) is 2. The fourth-order valence-corrected chi connectivity index (χ4v) is 2.88. The molecule has 1 saturated heterocycles. The predicted octanol–water partition coefficient (Wildman–Crippen LogP) is 1.42. The largest absolute Gasteiger partial charge is 0.468 e. The molecule has 0 aromatic carbocycles. The molecule has 2 unspecified atom stereocenters. The minimum Gasteiger partial charge on any atom is -0.468 e. The Balaban J connectivity index is 2.26. The molecule has 1 heterocycles. The Bertz CT molecular complexity index is 299. The van der Waals surface area contributed by atoms with Crippen molar-refractivity contribution < 1.29 is 14.3 Å². The van der Waals surface area contributed by atoms with Crippen LogP contribution in [-0.2, 0) is 14.3 Å². The molecule has 1 aliphatic heterocycles. The van der Waals surface area contributed by atoms with Gasteiger partial charge in [0.05, 0.1) is 13.2 Å². The molecule has 1 N–H and O–H groups in total. The van der Waals surface area contributed by atoms with Crippen molar-refractivity contribution in [2.75, 3.05) is 40.4 Å². The van der Waals surface area contributed by atoms with Gasteiger partial charge in [-0.15, -0.1) is 0 Å². The molecule has 0 spiro atoms. The third-order valence-corrected chi connectivity index (χ3v) is 4.17. The van der Waals surface area contributed by atoms with Gasteiger partial charge in [-0.3, -0.25) is 4.79 Å². The number of nitrogens with one attached hydrogen (secondary N) is 1. The maximum Gasteiger partial charge on any atom is 0.325 e. The first-order valence-corrected chi connectivity index (χ1v) is 7.64. The van der Waals surface area contributed by atoms with E-state index < -0.39 is 5.54 Å². The first kappa shape index (κ1) is 17.4. The highest BCUT2D eigenvalue weighted by Crippen LogP contribution is 2.17. The molecule has 1 aliphatic rings. The van der Waals surface area contributed by atoms with Gasteiger partial charge in [-0.05, 0) is 45.7 Å². The van der Waals surface area contributed by atoms with Crippen molar-refractivity contribution in [3.8, 4) is 0 Å². The summed E-state index contributed by atoms with van der Waals surface area (Å²) < 4.78 is 10.3. The van der Waals surface area contributed by atoms with Gasteiger partial charge in [0.25, 0.3) is 0 Å². The summed E-state index contributed by atoms with van der Waals surface area (Å²) in [7, 11) is 3.24. The lowest BCUT2D eigenvalue weighted by Gasteiger charge is -2.27. The standard InChI is InChI=1S/C15H30N2O3/c1-5-16-15(2,14(18)20-4)9-6-7-10-17-11-8-13(12-17)19-3/h13,16H,5-12H2,1-4H3. The molecule has 0 aromatic rings. The van der Waals surface area contributed by atoms with Crippen molar-refractivity contribution in [3.05, 3.63) is 0 Å². The first-order chi connectivity index (χ1) is 9.55. The molecule has 0 bridgehead atoms. The van der Waals surface area contributed by atoms with Crippen molar-refractivity contribution in [1.82, 2.24) is 10.2 Å². The van der Waals surface area contributed by atoms with Gasteiger partial charge in [0.15, 0.2) is 0 Å². The monoisotopic (exact) mass is 286 g/mol. The zero-order valence-electron chi connectivity index (χ0n) is 13.4. The first-order valence-electron chi connectivity index (χ1n) is 7.64. The fraction of sp³-hybridized carbons (Fsp3) is 0.933. The van der Waals surface area contributed by atoms with E-state index in [1.807, 2.05) is 13.8 Å². The Labute approximate surface area is 123 Å². The minimum atomic E-state index is -0.552. The molecule has 1 rings (SSSR count). The Kier molecular flexibility index (Phi) is 7.48. The van der Waals surface area contributed by atoms with E-state index in [0.29, 0.717) is 6.10 Å². The van der Waals surface area contributed by atoms with Crippen LogP contribution in [0.4, 0.5) is 0 Å². The molecule has 0 aliphatic carbocycles. The van der Waals surface area contributed by atoms with Crippen LogP contribution in [0.2, 0.25) is 0 Å². The average Bonchev–Trinajstić information content (AvgIpc) is 2.91. The zero-order valence-corrected chi connectivity index (χ0v) is 13.4. The molecule has 1 fully saturated rings. The number of methoxy groups -OCH3 is 2. The van der Waals surface area contributed by atoms with Crippen LogP contribution in [0, 0.1) is 0 Å². The van der Waals surface area contributed by atoms with Crippen molar-refractivity contribution >= 4 is 5.97 Å². The maximum atomic E-state index is 11.8. The van der Waals surface area contributed by atoms with Crippen LogP contribution in [0.15, 0.2) is 0 Å². The molecule has 118 valence electrons. The SMILES string of the molecule is CCNC(C)(CCCCN1CCC(OC)C1)C(=O)OC. The quantitative estimate of drug-likeness (QED) is 0.513. The highest BCUT2D eigenvalue weighted by atomic mass is 16.5. The van der Waals surface area contributed by atoms with Crippen LogP contribution < -0.4 is 5.32 Å². The van der Waals surface area contributed by atoms with E-state index in [9.17, 15) is 4.79 Å². The number of hydrogen-bond donors (Lipinski definition) is 1. The summed E-state index contributed by atoms with van der Waals surface area (Å²) in [4.78, 5) is 14.3. The number of rotatable bonds is 9. The maximum absolute atomic E-state index is 11.8. The van der Waals surface area contributed by atoms with Crippen molar-refractivity contribution in [3.63, 3.8) is 0 Å². The average molecular weight is 286 g/mol. The van der Waals surface area contributed by atoms with Crippen LogP contribution in [-0.4, -0.2) is 62.9 Å². The molecule has 2 atom stereocenters. The van der Waals surface area contributed by atoms with Crippen LogP contribution in [0.25, 0.3) is 0 Å². The van der Waals surface area contributed by atoms with E-state index in [2.05, 4.69) is 10.2 Å². The fourth-order valence-electron chi connectivity index (χ4n) is 2.88. The van der Waals surface area contributed by atoms with Gasteiger partial charge < -0.3 is 19.7 Å². The highest BCUT2D eigenvalue weighted by Gasteiger charge is 2.32. The van der Waals surface area contributed by atoms with Crippen LogP contribution >= 0.6 is 0 Å². The van der Waals surface area contributed by atoms with Crippen molar-refractivity contribution in [2.45, 2.75) is 51.2 Å². The summed E-state index contributed by atoms with van der Waals surface area (Å²) in [6, 6.07) is 0. The number of likely N-dealkylation sites (N-methyl/N-ethyl adjacent to an activating group) is 1. The van der Waals surface area contributed by atoms with Gasteiger partial charge in [0, 0.05) is 20.2 Å². The summed E-state index contributed by atoms with van der Waals surface area (Å²) in [6.07, 6.45) is 4.47. The highest BCUT2D eigenvalue weighted by molar-refractivity contribution is 5.80. The summed E-state index contributed by atoms with van der Waals surface area (Å²) in [5, 5.41) is 3.25. The molecule has 0 saturated carbocycles. The molecule has 20 heavy (non-hydrogen) atoms. The summed E-state index contributed by atoms with van der Waals surface area (Å²) in [5.74, 6) is -0.167. The zero-order chi connectivity index (χ0) is 15.0. The van der Waals surface area contributed by atoms with E-state index in [1.165, 1.54) is 7.11 Å². The van der Waals surface area contributed by atoms with E-state index >= 15 is 0 Å². The number of unbranched alkanes of at least 4 members (excludes halogenated alkanes) is 1. The van der Waals surface area contributed by atoms with Crippen LogP contribution in [0.3, 0.4) is 0 Å². The molecule has 0 aromatic heterocycles. The van der Waals surface area contributed by atoms with Gasteiger partial charge >= 0.3 is 5.97 Å². The van der Waals surface area contributed by atoms with E-state index in [4.69, 9.17) is 9.47 Å². The Morgan fingerprint density at radius 1 is 1.40 bits per heavy atom. The van der Waals surface area contributed by atoms with Crippen LogP contribution in [0.5, 0.6) is 0 Å². The molecular weight excluding hydrogens is 256 g/mol. The van der Waals surface area contributed by atoms with Crippen LogP contribution in [0.1, 0.15) is 39.5 Å². The van der Waals surface area contributed by atoms with Crippen molar-refractivity contribution in [2.24, 2.45) is 0 Å². The second kappa shape index (κ2) is 8.60. The van der Waals surface area contributed by atoms with Gasteiger partial charge in [-0.2, -0.15) is 0 Å². The molecule has 5 nitrogen and oxygen atoms in total. The van der Waals surface area contributed by atoms with Gasteiger partial charge in [-0.25, -0.2) is 0 Å². The lowest BCUT2D eigenvalue weighted by molar-refractivity contribution is -0.148. The lowest BCUT2D eigenvalue weighted by atomic mass is 9.94. The normalized spacial score (nSPS) is 22.7. The number of esters is 1. The van der Waals surface area contributed by atoms with Crippen molar-refractivity contribution in [1.29, 1.82) is 0 Å². The number of carbonyl (C=O) groups is 1. The second-order valence-electron chi connectivity index (χ2n) is 5.76. The second-order valence-corrected chi connectivity index (χ2v) is 5.76. The van der Waals surface area contributed by atoms with E-state index in [0.717, 1.165) is 51.9 Å². The third-order valence-electron chi connectivity index (χ3n) is 4.17. The molecule has 5 heteroatoms. The number of hydrogen-bond acceptors (Lipinski definition) is 5. The minimum absolute atomic E-state index is 0.167. The van der Waals surface area contributed by atoms with Gasteiger partial charge in [-0.1, -0.05) is 6.92 Å². The Morgan fingerprint density at radius 2 is 2.15 bits per heavy atom. The Hall–Kier alpha value is -0.650. The lowest BCUT2D eigenvalue weighted by Crippen LogP contribution is -2.50. The number of carbonyl (C=O) groups excluding carboxylic acids is 1. The van der Waals surface area contributed by atoms with E-state index in [1.54, 1.807) is 7.11 Å². The molecular formula is C15H30N2O3. The van der Waals surface area contributed by atoms with E-state index in [-0.39, 0.29) is 5.97 Å². The Morgan fingerprint density at radius 3 is 2.70 bits per heavy atom. The number of likely N-dealkylation sites (tertiary alicyclic amines) is 1. The smallest absolute Gasteiger partial charge is 0.325 e. The third kappa shape index (κ3) is 5.04. The molecule has 0 amide bonds. The molecule has 0 radical (unpaired) electrons. The number of nitrogens with zero attached hydrogens (tertiary/aromatic N) is 1. The summed E-state index contributed by atoms with van der Waals surface area (Å²) in [6.45, 7) is 7.96.